The molecule has 2 rings (SSSR count). The van der Waals surface area contributed by atoms with Gasteiger partial charge in [-0.2, -0.15) is 0 Å². The summed E-state index contributed by atoms with van der Waals surface area (Å²) in [7, 11) is 0. The molecule has 1 aromatic carbocycles. The Bertz CT molecular complexity index is 943. The maximum atomic E-state index is 13.9. The van der Waals surface area contributed by atoms with Crippen molar-refractivity contribution in [1.29, 1.82) is 0 Å². The number of benzene rings is 1. The Morgan fingerprint density at radius 3 is 2.39 bits per heavy atom. The number of carbonyl (C=O) groups is 3. The number of hydrogen-bond acceptors (Lipinski definition) is 5. The van der Waals surface area contributed by atoms with Crippen LogP contribution in [0.4, 0.5) is 4.79 Å². The zero-order valence-corrected chi connectivity index (χ0v) is 22.2. The molecule has 1 aliphatic carbocycles. The number of carbonyl (C=O) groups excluding carboxylic acids is 3. The van der Waals surface area contributed by atoms with E-state index in [0.29, 0.717) is 17.5 Å². The van der Waals surface area contributed by atoms with Crippen LogP contribution in [-0.4, -0.2) is 58.2 Å². The van der Waals surface area contributed by atoms with Gasteiger partial charge in [0.25, 0.3) is 0 Å². The minimum Gasteiger partial charge on any atom is -0.444 e. The summed E-state index contributed by atoms with van der Waals surface area (Å²) in [4.78, 5) is 41.5. The fraction of sp³-hybridized carbons (Fsp3) is 0.607. The second-order valence-electron chi connectivity index (χ2n) is 10.4. The predicted octanol–water partition coefficient (Wildman–Crippen LogP) is 3.67. The van der Waals surface area contributed by atoms with Gasteiger partial charge in [0.2, 0.25) is 11.8 Å². The van der Waals surface area contributed by atoms with Crippen LogP contribution in [0.5, 0.6) is 0 Å². The first kappa shape index (κ1) is 29.2. The van der Waals surface area contributed by atoms with Crippen molar-refractivity contribution in [3.8, 4) is 12.3 Å². The molecule has 36 heavy (non-hydrogen) atoms. The minimum absolute atomic E-state index is 0.0224. The predicted molar refractivity (Wildman–Crippen MR) is 139 cm³/mol. The van der Waals surface area contributed by atoms with Crippen molar-refractivity contribution in [2.75, 3.05) is 6.61 Å². The summed E-state index contributed by atoms with van der Waals surface area (Å²) in [6, 6.07) is 4.35. The van der Waals surface area contributed by atoms with Gasteiger partial charge < -0.3 is 25.4 Å². The Morgan fingerprint density at radius 1 is 1.19 bits per heavy atom. The Hall–Kier alpha value is -3.05. The van der Waals surface area contributed by atoms with Crippen molar-refractivity contribution < 1.29 is 24.2 Å². The van der Waals surface area contributed by atoms with E-state index in [1.54, 1.807) is 45.0 Å². The van der Waals surface area contributed by atoms with Gasteiger partial charge in [-0.15, -0.1) is 6.42 Å². The van der Waals surface area contributed by atoms with Crippen molar-refractivity contribution in [2.45, 2.75) is 103 Å². The van der Waals surface area contributed by atoms with Crippen molar-refractivity contribution >= 4 is 17.9 Å². The van der Waals surface area contributed by atoms with E-state index in [9.17, 15) is 19.5 Å². The monoisotopic (exact) mass is 499 g/mol. The molecule has 8 heteroatoms. The molecule has 0 bridgehead atoms. The molecule has 3 atom stereocenters. The summed E-state index contributed by atoms with van der Waals surface area (Å²) in [5.74, 6) is 1.71. The summed E-state index contributed by atoms with van der Waals surface area (Å²) in [6.45, 7) is 8.20. The largest absolute Gasteiger partial charge is 0.444 e. The molecule has 0 heterocycles. The molecule has 3 N–H and O–H groups in total. The first-order valence-electron chi connectivity index (χ1n) is 12.8. The normalized spacial score (nSPS) is 16.7. The summed E-state index contributed by atoms with van der Waals surface area (Å²) in [6.07, 6.45) is 10.5. The van der Waals surface area contributed by atoms with Gasteiger partial charge >= 0.3 is 6.09 Å². The summed E-state index contributed by atoms with van der Waals surface area (Å²) in [5.41, 5.74) is 0.247. The highest BCUT2D eigenvalue weighted by molar-refractivity contribution is 5.93. The SMILES string of the molecule is C#Cc1ccccc1C(C(=O)NC1CCCCC1)N(C(=O)C(CO)NC(=O)OC(C)(C)C)C(C)CC. The molecule has 0 aliphatic heterocycles. The van der Waals surface area contributed by atoms with Gasteiger partial charge in [0.05, 0.1) is 6.61 Å². The number of rotatable bonds is 9. The van der Waals surface area contributed by atoms with E-state index in [-0.39, 0.29) is 18.0 Å². The average Bonchev–Trinajstić information content (AvgIpc) is 2.84. The van der Waals surface area contributed by atoms with E-state index < -0.39 is 36.3 Å². The van der Waals surface area contributed by atoms with Gasteiger partial charge in [-0.25, -0.2) is 4.79 Å². The number of amides is 3. The quantitative estimate of drug-likeness (QED) is 0.450. The number of aliphatic hydroxyl groups excluding tert-OH is 1. The molecule has 0 radical (unpaired) electrons. The maximum Gasteiger partial charge on any atom is 0.408 e. The van der Waals surface area contributed by atoms with E-state index >= 15 is 0 Å². The Morgan fingerprint density at radius 2 is 1.83 bits per heavy atom. The molecule has 0 aromatic heterocycles. The third-order valence-electron chi connectivity index (χ3n) is 6.38. The fourth-order valence-electron chi connectivity index (χ4n) is 4.42. The Labute approximate surface area is 215 Å². The lowest BCUT2D eigenvalue weighted by Crippen LogP contribution is -2.57. The highest BCUT2D eigenvalue weighted by Gasteiger charge is 2.39. The number of alkyl carbamates (subject to hydrolysis) is 1. The second-order valence-corrected chi connectivity index (χ2v) is 10.4. The number of terminal acetylenes is 1. The van der Waals surface area contributed by atoms with Gasteiger partial charge in [0.1, 0.15) is 17.7 Å². The number of nitrogens with one attached hydrogen (secondary N) is 2. The average molecular weight is 500 g/mol. The van der Waals surface area contributed by atoms with Gasteiger partial charge in [-0.1, -0.05) is 50.3 Å². The lowest BCUT2D eigenvalue weighted by molar-refractivity contribution is -0.146. The van der Waals surface area contributed by atoms with Crippen molar-refractivity contribution in [1.82, 2.24) is 15.5 Å². The van der Waals surface area contributed by atoms with E-state index in [1.807, 2.05) is 13.8 Å². The van der Waals surface area contributed by atoms with Crippen LogP contribution in [0.3, 0.4) is 0 Å². The number of hydrogen-bond donors (Lipinski definition) is 3. The first-order chi connectivity index (χ1) is 17.0. The molecule has 0 saturated heterocycles. The van der Waals surface area contributed by atoms with Crippen LogP contribution in [0.25, 0.3) is 0 Å². The lowest BCUT2D eigenvalue weighted by Gasteiger charge is -2.39. The second kappa shape index (κ2) is 13.3. The minimum atomic E-state index is -1.29. The molecule has 0 spiro atoms. The molecule has 1 saturated carbocycles. The van der Waals surface area contributed by atoms with Gasteiger partial charge in [0, 0.05) is 17.6 Å². The zero-order chi connectivity index (χ0) is 26.9. The topological polar surface area (TPSA) is 108 Å². The summed E-state index contributed by atoms with van der Waals surface area (Å²) < 4.78 is 5.28. The third-order valence-corrected chi connectivity index (χ3v) is 6.38. The zero-order valence-electron chi connectivity index (χ0n) is 22.2. The molecule has 3 unspecified atom stereocenters. The van der Waals surface area contributed by atoms with Gasteiger partial charge in [-0.05, 0) is 58.6 Å². The number of ether oxygens (including phenoxy) is 1. The number of nitrogens with zero attached hydrogens (tertiary/aromatic N) is 1. The summed E-state index contributed by atoms with van der Waals surface area (Å²) >= 11 is 0. The molecule has 3 amide bonds. The summed E-state index contributed by atoms with van der Waals surface area (Å²) in [5, 5.41) is 15.6. The molecule has 8 nitrogen and oxygen atoms in total. The van der Waals surface area contributed by atoms with Crippen molar-refractivity contribution in [2.24, 2.45) is 0 Å². The molecule has 1 fully saturated rings. The van der Waals surface area contributed by atoms with E-state index in [0.717, 1.165) is 32.1 Å². The Kier molecular flexibility index (Phi) is 10.8. The third kappa shape index (κ3) is 7.99. The molecule has 1 aliphatic rings. The van der Waals surface area contributed by atoms with Crippen molar-refractivity contribution in [3.05, 3.63) is 35.4 Å². The van der Waals surface area contributed by atoms with E-state index in [2.05, 4.69) is 16.6 Å². The van der Waals surface area contributed by atoms with Crippen LogP contribution < -0.4 is 10.6 Å². The highest BCUT2D eigenvalue weighted by Crippen LogP contribution is 2.29. The van der Waals surface area contributed by atoms with Crippen molar-refractivity contribution in [3.63, 3.8) is 0 Å². The van der Waals surface area contributed by atoms with E-state index in [1.165, 1.54) is 4.90 Å². The van der Waals surface area contributed by atoms with Crippen LogP contribution in [0.1, 0.15) is 90.3 Å². The van der Waals surface area contributed by atoms with Crippen LogP contribution in [0.2, 0.25) is 0 Å². The lowest BCUT2D eigenvalue weighted by atomic mass is 9.93. The van der Waals surface area contributed by atoms with E-state index in [4.69, 9.17) is 11.2 Å². The Balaban J connectivity index is 2.49. The number of aliphatic hydroxyl groups is 1. The fourth-order valence-corrected chi connectivity index (χ4v) is 4.42. The van der Waals surface area contributed by atoms with Crippen LogP contribution in [-0.2, 0) is 14.3 Å². The van der Waals surface area contributed by atoms with Gasteiger partial charge in [0.15, 0.2) is 0 Å². The molecule has 1 aromatic rings. The van der Waals surface area contributed by atoms with Gasteiger partial charge in [-0.3, -0.25) is 9.59 Å². The highest BCUT2D eigenvalue weighted by atomic mass is 16.6. The van der Waals surface area contributed by atoms with Crippen LogP contribution in [0, 0.1) is 12.3 Å². The smallest absolute Gasteiger partial charge is 0.408 e. The standard InChI is InChI=1S/C28H41N3O5/c1-7-19(3)31(26(34)23(18-32)30-27(35)36-28(4,5)6)24(22-17-13-12-14-20(22)8-2)25(33)29-21-15-10-9-11-16-21/h2,12-14,17,19,21,23-24,32H,7,9-11,15-16,18H2,1,3-6H3,(H,29,33)(H,30,35). The first-order valence-corrected chi connectivity index (χ1v) is 12.8. The van der Waals surface area contributed by atoms with Crippen LogP contribution in [0.15, 0.2) is 24.3 Å². The maximum absolute atomic E-state index is 13.9. The van der Waals surface area contributed by atoms with Crippen LogP contribution >= 0.6 is 0 Å². The molecular weight excluding hydrogens is 458 g/mol. The molecular formula is C28H41N3O5. The molecule has 198 valence electrons.